The number of benzene rings is 1. The van der Waals surface area contributed by atoms with E-state index in [1.165, 1.54) is 0 Å². The van der Waals surface area contributed by atoms with E-state index in [1.807, 2.05) is 11.8 Å². The van der Waals surface area contributed by atoms with Gasteiger partial charge in [-0.2, -0.15) is 0 Å². The van der Waals surface area contributed by atoms with E-state index in [0.29, 0.717) is 31.8 Å². The largest absolute Gasteiger partial charge is 0.444 e. The number of hydrogen-bond acceptors (Lipinski definition) is 5. The van der Waals surface area contributed by atoms with Gasteiger partial charge in [0.25, 0.3) is 5.91 Å². The summed E-state index contributed by atoms with van der Waals surface area (Å²) in [5.74, 6) is -2.16. The van der Waals surface area contributed by atoms with E-state index < -0.39 is 29.2 Å². The van der Waals surface area contributed by atoms with Crippen molar-refractivity contribution in [3.63, 3.8) is 0 Å². The van der Waals surface area contributed by atoms with E-state index in [4.69, 9.17) is 10.1 Å². The SMILES string of the molecule is CCC1CN(C(=O)OC(C)(C)C)CCN1/C(C=N)=C(\C)C(=O)Nc1cc(F)cc(F)c1. The smallest absolute Gasteiger partial charge is 0.410 e. The zero-order valence-corrected chi connectivity index (χ0v) is 18.6. The molecule has 2 rings (SSSR count). The van der Waals surface area contributed by atoms with E-state index in [-0.39, 0.29) is 17.3 Å². The number of nitrogens with one attached hydrogen (secondary N) is 2. The average Bonchev–Trinajstić information content (AvgIpc) is 2.66. The second-order valence-corrected chi connectivity index (χ2v) is 8.45. The Hall–Kier alpha value is -2.97. The molecule has 1 aliphatic rings. The Kier molecular flexibility index (Phi) is 7.75. The number of carbonyl (C=O) groups excluding carboxylic acids is 2. The molecule has 0 spiro atoms. The highest BCUT2D eigenvalue weighted by atomic mass is 19.1. The Bertz CT molecular complexity index is 860. The molecule has 1 aliphatic heterocycles. The number of anilines is 1. The van der Waals surface area contributed by atoms with Crippen LogP contribution in [0.1, 0.15) is 41.0 Å². The lowest BCUT2D eigenvalue weighted by molar-refractivity contribution is -0.113. The number of piperazine rings is 1. The molecule has 1 aromatic rings. The molecule has 0 bridgehead atoms. The highest BCUT2D eigenvalue weighted by Crippen LogP contribution is 2.22. The number of hydrogen-bond donors (Lipinski definition) is 2. The van der Waals surface area contributed by atoms with Crippen LogP contribution in [-0.2, 0) is 9.53 Å². The van der Waals surface area contributed by atoms with E-state index in [1.54, 1.807) is 32.6 Å². The third kappa shape index (κ3) is 6.50. The molecule has 1 heterocycles. The lowest BCUT2D eigenvalue weighted by atomic mass is 10.1. The minimum absolute atomic E-state index is 0.00651. The summed E-state index contributed by atoms with van der Waals surface area (Å²) < 4.78 is 32.3. The van der Waals surface area contributed by atoms with Gasteiger partial charge in [-0.05, 0) is 46.2 Å². The van der Waals surface area contributed by atoms with Crippen LogP contribution in [0.2, 0.25) is 0 Å². The normalized spacial score (nSPS) is 17.7. The van der Waals surface area contributed by atoms with E-state index in [9.17, 15) is 18.4 Å². The fourth-order valence-electron chi connectivity index (χ4n) is 3.39. The van der Waals surface area contributed by atoms with Gasteiger partial charge in [-0.1, -0.05) is 6.92 Å². The number of ether oxygens (including phenoxy) is 1. The van der Waals surface area contributed by atoms with Crippen LogP contribution in [-0.4, -0.2) is 59.3 Å². The Labute approximate surface area is 181 Å². The maximum absolute atomic E-state index is 13.4. The monoisotopic (exact) mass is 436 g/mol. The lowest BCUT2D eigenvalue weighted by Crippen LogP contribution is -2.55. The Morgan fingerprint density at radius 1 is 1.23 bits per heavy atom. The van der Waals surface area contributed by atoms with Crippen molar-refractivity contribution in [3.05, 3.63) is 41.1 Å². The van der Waals surface area contributed by atoms with Crippen molar-refractivity contribution < 1.29 is 23.1 Å². The third-order valence-corrected chi connectivity index (χ3v) is 4.90. The molecule has 1 atom stereocenters. The zero-order chi connectivity index (χ0) is 23.3. The van der Waals surface area contributed by atoms with Gasteiger partial charge in [-0.25, -0.2) is 13.6 Å². The van der Waals surface area contributed by atoms with Crippen molar-refractivity contribution in [1.29, 1.82) is 5.41 Å². The molecule has 7 nitrogen and oxygen atoms in total. The predicted octanol–water partition coefficient (Wildman–Crippen LogP) is 4.16. The van der Waals surface area contributed by atoms with Crippen molar-refractivity contribution in [2.75, 3.05) is 25.0 Å². The lowest BCUT2D eigenvalue weighted by Gasteiger charge is -2.43. The maximum atomic E-state index is 13.4. The summed E-state index contributed by atoms with van der Waals surface area (Å²) in [4.78, 5) is 28.6. The van der Waals surface area contributed by atoms with E-state index >= 15 is 0 Å². The number of amides is 2. The van der Waals surface area contributed by atoms with Gasteiger partial charge in [-0.3, -0.25) is 4.79 Å². The van der Waals surface area contributed by atoms with Gasteiger partial charge in [0.2, 0.25) is 0 Å². The zero-order valence-electron chi connectivity index (χ0n) is 18.6. The molecular weight excluding hydrogens is 406 g/mol. The quantitative estimate of drug-likeness (QED) is 0.536. The number of allylic oxidation sites excluding steroid dienone is 1. The molecule has 1 saturated heterocycles. The Balaban J connectivity index is 2.19. The highest BCUT2D eigenvalue weighted by molar-refractivity contribution is 6.06. The van der Waals surface area contributed by atoms with Gasteiger partial charge in [0.15, 0.2) is 0 Å². The molecule has 0 aliphatic carbocycles. The molecule has 2 amide bonds. The van der Waals surface area contributed by atoms with Crippen LogP contribution in [0, 0.1) is 17.0 Å². The van der Waals surface area contributed by atoms with E-state index in [0.717, 1.165) is 24.4 Å². The van der Waals surface area contributed by atoms with Crippen LogP contribution in [0.4, 0.5) is 19.3 Å². The average molecular weight is 437 g/mol. The molecule has 9 heteroatoms. The maximum Gasteiger partial charge on any atom is 0.410 e. The standard InChI is InChI=1S/C22H30F2N4O3/c1-6-18-13-27(21(30)31-22(3,4)5)7-8-28(18)19(12-25)14(2)20(29)26-17-10-15(23)9-16(24)11-17/h9-12,18,25H,6-8,13H2,1-5H3,(H,26,29)/b19-14+,25-12?. The number of nitrogens with zero attached hydrogens (tertiary/aromatic N) is 2. The molecule has 1 aromatic carbocycles. The number of halogens is 2. The van der Waals surface area contributed by atoms with Crippen LogP contribution < -0.4 is 5.32 Å². The molecule has 31 heavy (non-hydrogen) atoms. The van der Waals surface area contributed by atoms with Crippen LogP contribution in [0.25, 0.3) is 0 Å². The summed E-state index contributed by atoms with van der Waals surface area (Å²) in [5.41, 5.74) is 0.0305. The summed E-state index contributed by atoms with van der Waals surface area (Å²) in [6.07, 6.45) is 1.38. The van der Waals surface area contributed by atoms with Gasteiger partial charge >= 0.3 is 6.09 Å². The van der Waals surface area contributed by atoms with Crippen LogP contribution in [0.15, 0.2) is 29.5 Å². The summed E-state index contributed by atoms with van der Waals surface area (Å²) in [6, 6.07) is 2.64. The first kappa shape index (κ1) is 24.3. The van der Waals surface area contributed by atoms with Gasteiger partial charge in [-0.15, -0.1) is 0 Å². The second-order valence-electron chi connectivity index (χ2n) is 8.45. The summed E-state index contributed by atoms with van der Waals surface area (Å²) in [6.45, 7) is 10.1. The minimum atomic E-state index is -0.798. The molecule has 0 aromatic heterocycles. The molecular formula is C22H30F2N4O3. The molecule has 0 radical (unpaired) electrons. The van der Waals surface area contributed by atoms with Gasteiger partial charge in [0.1, 0.15) is 17.2 Å². The van der Waals surface area contributed by atoms with Gasteiger partial charge in [0, 0.05) is 49.2 Å². The number of carbonyl (C=O) groups is 2. The fourth-order valence-corrected chi connectivity index (χ4v) is 3.39. The van der Waals surface area contributed by atoms with Crippen LogP contribution in [0.5, 0.6) is 0 Å². The molecule has 2 N–H and O–H groups in total. The molecule has 1 unspecified atom stereocenters. The van der Waals surface area contributed by atoms with Crippen molar-refractivity contribution in [1.82, 2.24) is 9.80 Å². The Morgan fingerprint density at radius 2 is 1.84 bits per heavy atom. The van der Waals surface area contributed by atoms with Crippen molar-refractivity contribution in [3.8, 4) is 0 Å². The number of rotatable bonds is 5. The highest BCUT2D eigenvalue weighted by Gasteiger charge is 2.32. The third-order valence-electron chi connectivity index (χ3n) is 4.90. The molecule has 0 saturated carbocycles. The molecule has 1 fully saturated rings. The Morgan fingerprint density at radius 3 is 2.35 bits per heavy atom. The van der Waals surface area contributed by atoms with Crippen LogP contribution in [0.3, 0.4) is 0 Å². The van der Waals surface area contributed by atoms with E-state index in [2.05, 4.69) is 5.32 Å². The van der Waals surface area contributed by atoms with Gasteiger partial charge < -0.3 is 25.3 Å². The first-order valence-electron chi connectivity index (χ1n) is 10.2. The first-order valence-corrected chi connectivity index (χ1v) is 10.2. The van der Waals surface area contributed by atoms with Gasteiger partial charge in [0.05, 0.1) is 5.70 Å². The van der Waals surface area contributed by atoms with Crippen molar-refractivity contribution in [2.45, 2.75) is 52.7 Å². The van der Waals surface area contributed by atoms with Crippen molar-refractivity contribution in [2.24, 2.45) is 0 Å². The van der Waals surface area contributed by atoms with Crippen molar-refractivity contribution >= 4 is 23.9 Å². The van der Waals surface area contributed by atoms with Crippen LogP contribution >= 0.6 is 0 Å². The summed E-state index contributed by atoms with van der Waals surface area (Å²) in [7, 11) is 0. The second kappa shape index (κ2) is 9.89. The molecule has 170 valence electrons. The summed E-state index contributed by atoms with van der Waals surface area (Å²) in [5, 5.41) is 10.3. The fraction of sp³-hybridized carbons (Fsp3) is 0.500. The predicted molar refractivity (Wildman–Crippen MR) is 115 cm³/mol. The topological polar surface area (TPSA) is 85.7 Å². The minimum Gasteiger partial charge on any atom is -0.444 e. The first-order chi connectivity index (χ1) is 14.4. The summed E-state index contributed by atoms with van der Waals surface area (Å²) >= 11 is 0.